The molecule has 0 bridgehead atoms. The summed E-state index contributed by atoms with van der Waals surface area (Å²) in [7, 11) is -3.85. The molecule has 6 nitrogen and oxygen atoms in total. The molecular weight excluding hydrogens is 398 g/mol. The summed E-state index contributed by atoms with van der Waals surface area (Å²) < 4.78 is 53.2. The fourth-order valence-corrected chi connectivity index (χ4v) is 5.33. The van der Waals surface area contributed by atoms with Crippen LogP contribution in [0.3, 0.4) is 0 Å². The third-order valence-electron chi connectivity index (χ3n) is 5.29. The van der Waals surface area contributed by atoms with Gasteiger partial charge in [0, 0.05) is 32.7 Å². The topological polar surface area (TPSA) is 58.4 Å². The first-order valence-corrected chi connectivity index (χ1v) is 10.8. The number of aromatic nitrogens is 2. The van der Waals surface area contributed by atoms with Gasteiger partial charge in [0.1, 0.15) is 4.90 Å². The van der Waals surface area contributed by atoms with Crippen molar-refractivity contribution in [3.8, 4) is 0 Å². The molecule has 0 unspecified atom stereocenters. The van der Waals surface area contributed by atoms with Crippen molar-refractivity contribution in [3.05, 3.63) is 59.9 Å². The number of fused-ring (bicyclic) bond motifs is 1. The summed E-state index contributed by atoms with van der Waals surface area (Å²) in [6.45, 7) is 1.07. The molecule has 0 aliphatic carbocycles. The van der Waals surface area contributed by atoms with Gasteiger partial charge in [0.15, 0.2) is 0 Å². The van der Waals surface area contributed by atoms with E-state index < -0.39 is 16.6 Å². The van der Waals surface area contributed by atoms with Crippen molar-refractivity contribution in [1.82, 2.24) is 19.0 Å². The SMILES string of the molecule is Cc1nn(C(F)F)cc1S(=O)(=O)N1CCN(Cc2cccc3ccccc23)CC1. The molecule has 29 heavy (non-hydrogen) atoms. The number of rotatable bonds is 5. The van der Waals surface area contributed by atoms with Crippen molar-refractivity contribution in [2.75, 3.05) is 26.2 Å². The van der Waals surface area contributed by atoms with Crippen LogP contribution in [0.25, 0.3) is 10.8 Å². The van der Waals surface area contributed by atoms with Crippen LogP contribution in [0.4, 0.5) is 8.78 Å². The lowest BCUT2D eigenvalue weighted by Gasteiger charge is -2.34. The Kier molecular flexibility index (Phi) is 5.37. The molecule has 4 rings (SSSR count). The van der Waals surface area contributed by atoms with E-state index in [1.54, 1.807) is 0 Å². The molecule has 0 spiro atoms. The summed E-state index contributed by atoms with van der Waals surface area (Å²) in [4.78, 5) is 2.06. The number of benzene rings is 2. The summed E-state index contributed by atoms with van der Waals surface area (Å²) in [5.41, 5.74) is 1.29. The predicted octanol–water partition coefficient (Wildman–Crippen LogP) is 3.25. The van der Waals surface area contributed by atoms with Crippen LogP contribution in [0.1, 0.15) is 17.8 Å². The Labute approximate surface area is 168 Å². The first kappa shape index (κ1) is 19.9. The minimum absolute atomic E-state index is 0.0866. The summed E-state index contributed by atoms with van der Waals surface area (Å²) in [5, 5.41) is 5.99. The Bertz CT molecular complexity index is 1120. The first-order valence-electron chi connectivity index (χ1n) is 9.39. The lowest BCUT2D eigenvalue weighted by Crippen LogP contribution is -2.48. The van der Waals surface area contributed by atoms with Crippen LogP contribution in [0, 0.1) is 6.92 Å². The summed E-state index contributed by atoms with van der Waals surface area (Å²) in [6, 6.07) is 14.4. The van der Waals surface area contributed by atoms with Gasteiger partial charge in [-0.25, -0.2) is 13.1 Å². The normalized spacial score (nSPS) is 16.7. The Balaban J connectivity index is 1.46. The van der Waals surface area contributed by atoms with Gasteiger partial charge in [-0.2, -0.15) is 18.2 Å². The second-order valence-corrected chi connectivity index (χ2v) is 9.06. The molecule has 1 aromatic heterocycles. The molecule has 1 aliphatic heterocycles. The van der Waals surface area contributed by atoms with Gasteiger partial charge in [-0.1, -0.05) is 42.5 Å². The Morgan fingerprint density at radius 3 is 2.41 bits per heavy atom. The zero-order chi connectivity index (χ0) is 20.6. The van der Waals surface area contributed by atoms with Gasteiger partial charge in [-0.15, -0.1) is 0 Å². The van der Waals surface area contributed by atoms with Gasteiger partial charge >= 0.3 is 6.55 Å². The van der Waals surface area contributed by atoms with Gasteiger partial charge < -0.3 is 0 Å². The van der Waals surface area contributed by atoms with Gasteiger partial charge in [-0.3, -0.25) is 4.90 Å². The second kappa shape index (κ2) is 7.81. The van der Waals surface area contributed by atoms with Crippen molar-refractivity contribution in [3.63, 3.8) is 0 Å². The Hall–Kier alpha value is -2.36. The molecule has 2 heterocycles. The predicted molar refractivity (Wildman–Crippen MR) is 106 cm³/mol. The van der Waals surface area contributed by atoms with Crippen LogP contribution in [0.2, 0.25) is 0 Å². The third kappa shape index (κ3) is 3.90. The van der Waals surface area contributed by atoms with Crippen LogP contribution in [0.5, 0.6) is 0 Å². The maximum Gasteiger partial charge on any atom is 0.333 e. The van der Waals surface area contributed by atoms with E-state index in [0.717, 1.165) is 12.7 Å². The number of piperazine rings is 1. The average Bonchev–Trinajstić information content (AvgIpc) is 3.12. The summed E-state index contributed by atoms with van der Waals surface area (Å²) in [5.74, 6) is 0. The van der Waals surface area contributed by atoms with E-state index in [0.29, 0.717) is 30.9 Å². The number of hydrogen-bond donors (Lipinski definition) is 0. The summed E-state index contributed by atoms with van der Waals surface area (Å²) >= 11 is 0. The van der Waals surface area contributed by atoms with Gasteiger partial charge in [0.2, 0.25) is 10.0 Å². The largest absolute Gasteiger partial charge is 0.333 e. The molecule has 2 aromatic carbocycles. The highest BCUT2D eigenvalue weighted by atomic mass is 32.2. The molecule has 1 aliphatic rings. The Morgan fingerprint density at radius 2 is 1.72 bits per heavy atom. The van der Waals surface area contributed by atoms with Crippen LogP contribution >= 0.6 is 0 Å². The number of hydrogen-bond acceptors (Lipinski definition) is 4. The highest BCUT2D eigenvalue weighted by molar-refractivity contribution is 7.89. The van der Waals surface area contributed by atoms with Gasteiger partial charge in [0.25, 0.3) is 0 Å². The second-order valence-electron chi connectivity index (χ2n) is 7.15. The van der Waals surface area contributed by atoms with Crippen LogP contribution in [-0.2, 0) is 16.6 Å². The maximum atomic E-state index is 12.9. The molecular formula is C20H22F2N4O2S. The van der Waals surface area contributed by atoms with E-state index in [2.05, 4.69) is 34.3 Å². The van der Waals surface area contributed by atoms with E-state index in [1.807, 2.05) is 18.2 Å². The molecule has 154 valence electrons. The summed E-state index contributed by atoms with van der Waals surface area (Å²) in [6.07, 6.45) is 0.914. The maximum absolute atomic E-state index is 12.9. The van der Waals surface area contributed by atoms with Crippen molar-refractivity contribution >= 4 is 20.8 Å². The fourth-order valence-electron chi connectivity index (χ4n) is 3.76. The van der Waals surface area contributed by atoms with Crippen LogP contribution in [-0.4, -0.2) is 53.6 Å². The Morgan fingerprint density at radius 1 is 1.03 bits per heavy atom. The van der Waals surface area contributed by atoms with Crippen molar-refractivity contribution < 1.29 is 17.2 Å². The molecule has 0 radical (unpaired) electrons. The van der Waals surface area contributed by atoms with Crippen molar-refractivity contribution in [2.45, 2.75) is 24.9 Å². The fraction of sp³-hybridized carbons (Fsp3) is 0.350. The zero-order valence-corrected chi connectivity index (χ0v) is 16.8. The van der Waals surface area contributed by atoms with Gasteiger partial charge in [-0.05, 0) is 23.3 Å². The molecule has 0 saturated carbocycles. The first-order chi connectivity index (χ1) is 13.9. The molecule has 0 amide bonds. The third-order valence-corrected chi connectivity index (χ3v) is 7.30. The zero-order valence-electron chi connectivity index (χ0n) is 16.0. The molecule has 3 aromatic rings. The number of alkyl halides is 2. The molecule has 1 fully saturated rings. The molecule has 9 heteroatoms. The molecule has 0 N–H and O–H groups in total. The van der Waals surface area contributed by atoms with E-state index in [-0.39, 0.29) is 10.6 Å². The minimum Gasteiger partial charge on any atom is -0.296 e. The standard InChI is InChI=1S/C20H22F2N4O2S/c1-15-19(14-26(23-15)20(21)22)29(27,28)25-11-9-24(10-12-25)13-17-7-4-6-16-5-2-3-8-18(16)17/h2-8,14,20H,9-13H2,1H3. The lowest BCUT2D eigenvalue weighted by molar-refractivity contribution is 0.0561. The van der Waals surface area contributed by atoms with E-state index in [4.69, 9.17) is 0 Å². The number of aryl methyl sites for hydroxylation is 1. The molecule has 0 atom stereocenters. The quantitative estimate of drug-likeness (QED) is 0.636. The smallest absolute Gasteiger partial charge is 0.296 e. The number of halogens is 2. The lowest BCUT2D eigenvalue weighted by atomic mass is 10.0. The highest BCUT2D eigenvalue weighted by Crippen LogP contribution is 2.24. The van der Waals surface area contributed by atoms with E-state index in [9.17, 15) is 17.2 Å². The van der Waals surface area contributed by atoms with E-state index in [1.165, 1.54) is 27.6 Å². The minimum atomic E-state index is -3.85. The van der Waals surface area contributed by atoms with Crippen molar-refractivity contribution in [1.29, 1.82) is 0 Å². The van der Waals surface area contributed by atoms with Crippen LogP contribution in [0.15, 0.2) is 53.6 Å². The van der Waals surface area contributed by atoms with Crippen molar-refractivity contribution in [2.24, 2.45) is 0 Å². The van der Waals surface area contributed by atoms with Crippen LogP contribution < -0.4 is 0 Å². The van der Waals surface area contributed by atoms with E-state index >= 15 is 0 Å². The highest BCUT2D eigenvalue weighted by Gasteiger charge is 2.32. The average molecular weight is 420 g/mol. The molecule has 1 saturated heterocycles. The van der Waals surface area contributed by atoms with Gasteiger partial charge in [0.05, 0.1) is 11.9 Å². The number of sulfonamides is 1. The number of nitrogens with zero attached hydrogens (tertiary/aromatic N) is 4. The monoisotopic (exact) mass is 420 g/mol.